The van der Waals surface area contributed by atoms with Gasteiger partial charge in [-0.2, -0.15) is 13.2 Å². The van der Waals surface area contributed by atoms with E-state index in [1.54, 1.807) is 6.07 Å². The van der Waals surface area contributed by atoms with Crippen molar-refractivity contribution in [3.8, 4) is 0 Å². The number of benzene rings is 1. The highest BCUT2D eigenvalue weighted by Gasteiger charge is 2.43. The summed E-state index contributed by atoms with van der Waals surface area (Å²) < 4.78 is 40.0. The molecule has 0 fully saturated rings. The molecule has 1 aromatic rings. The first-order valence-electron chi connectivity index (χ1n) is 5.45. The predicted octanol–water partition coefficient (Wildman–Crippen LogP) is 3.73. The molecule has 0 saturated heterocycles. The first kappa shape index (κ1) is 12.1. The minimum absolute atomic E-state index is 0.342. The van der Waals surface area contributed by atoms with Crippen molar-refractivity contribution < 1.29 is 17.7 Å². The lowest BCUT2D eigenvalue weighted by molar-refractivity contribution is -0.403. The summed E-state index contributed by atoms with van der Waals surface area (Å²) in [6.07, 6.45) is -4.28. The van der Waals surface area contributed by atoms with E-state index in [1.165, 1.54) is 6.07 Å². The largest absolute Gasteiger partial charge is 0.416 e. The van der Waals surface area contributed by atoms with Crippen LogP contribution in [0.15, 0.2) is 18.2 Å². The minimum Gasteiger partial charge on any atom is -0.202 e. The quantitative estimate of drug-likeness (QED) is 0.610. The first-order valence-corrected chi connectivity index (χ1v) is 5.45. The smallest absolute Gasteiger partial charge is 0.202 e. The third-order valence-corrected chi connectivity index (χ3v) is 3.77. The van der Waals surface area contributed by atoms with E-state index >= 15 is 0 Å². The minimum atomic E-state index is -4.28. The van der Waals surface area contributed by atoms with Crippen molar-refractivity contribution in [3.63, 3.8) is 0 Å². The second-order valence-corrected chi connectivity index (χ2v) is 5.00. The van der Waals surface area contributed by atoms with Gasteiger partial charge in [0.15, 0.2) is 5.71 Å². The Bertz CT molecular complexity index is 510. The molecule has 2 rings (SSSR count). The zero-order valence-corrected chi connectivity index (χ0v) is 10.3. The van der Waals surface area contributed by atoms with Gasteiger partial charge in [0, 0.05) is 18.6 Å². The van der Waals surface area contributed by atoms with Crippen LogP contribution in [-0.4, -0.2) is 17.3 Å². The third-order valence-electron chi connectivity index (χ3n) is 3.77. The van der Waals surface area contributed by atoms with Gasteiger partial charge in [0.1, 0.15) is 7.05 Å². The summed E-state index contributed by atoms with van der Waals surface area (Å²) in [5, 5.41) is 0. The van der Waals surface area contributed by atoms with Crippen molar-refractivity contribution in [2.24, 2.45) is 0 Å². The Morgan fingerprint density at radius 3 is 2.29 bits per heavy atom. The molecular formula is C13H15F3N+. The van der Waals surface area contributed by atoms with Gasteiger partial charge in [-0.05, 0) is 26.0 Å². The fraction of sp³-hybridized carbons (Fsp3) is 0.462. The van der Waals surface area contributed by atoms with Crippen molar-refractivity contribution in [2.75, 3.05) is 7.05 Å². The maximum Gasteiger partial charge on any atom is 0.416 e. The predicted molar refractivity (Wildman–Crippen MR) is 61.0 cm³/mol. The molecule has 0 spiro atoms. The molecule has 0 atom stereocenters. The van der Waals surface area contributed by atoms with Crippen LogP contribution in [0, 0.1) is 0 Å². The lowest BCUT2D eigenvalue weighted by Gasteiger charge is -2.16. The van der Waals surface area contributed by atoms with Crippen LogP contribution in [0.25, 0.3) is 0 Å². The Hall–Kier alpha value is -1.32. The molecule has 1 aliphatic heterocycles. The van der Waals surface area contributed by atoms with Gasteiger partial charge in [-0.3, -0.25) is 0 Å². The molecule has 0 radical (unpaired) electrons. The molecule has 1 aromatic carbocycles. The number of rotatable bonds is 0. The zero-order valence-electron chi connectivity index (χ0n) is 10.3. The van der Waals surface area contributed by atoms with Gasteiger partial charge in [0.2, 0.25) is 5.69 Å². The van der Waals surface area contributed by atoms with Gasteiger partial charge >= 0.3 is 6.18 Å². The van der Waals surface area contributed by atoms with E-state index < -0.39 is 11.7 Å². The highest BCUT2D eigenvalue weighted by molar-refractivity contribution is 5.93. The Morgan fingerprint density at radius 1 is 1.18 bits per heavy atom. The molecule has 0 amide bonds. The molecule has 1 heterocycles. The van der Waals surface area contributed by atoms with E-state index in [-0.39, 0.29) is 5.41 Å². The number of hydrogen-bond acceptors (Lipinski definition) is 0. The molecule has 0 N–H and O–H groups in total. The van der Waals surface area contributed by atoms with Gasteiger partial charge < -0.3 is 0 Å². The molecule has 0 aromatic heterocycles. The SMILES string of the molecule is CC1=[N+](C)c2ccc(C(F)(F)F)cc2C1(C)C. The van der Waals surface area contributed by atoms with Crippen LogP contribution in [0.4, 0.5) is 18.9 Å². The Morgan fingerprint density at radius 2 is 1.76 bits per heavy atom. The molecule has 0 saturated carbocycles. The number of hydrogen-bond donors (Lipinski definition) is 0. The number of fused-ring (bicyclic) bond motifs is 1. The lowest BCUT2D eigenvalue weighted by Crippen LogP contribution is -2.25. The second kappa shape index (κ2) is 3.34. The van der Waals surface area contributed by atoms with Crippen LogP contribution in [-0.2, 0) is 11.6 Å². The normalized spacial score (nSPS) is 18.5. The monoisotopic (exact) mass is 242 g/mol. The molecule has 92 valence electrons. The van der Waals surface area contributed by atoms with Crippen LogP contribution in [0.3, 0.4) is 0 Å². The maximum atomic E-state index is 12.7. The van der Waals surface area contributed by atoms with E-state index in [9.17, 15) is 13.2 Å². The van der Waals surface area contributed by atoms with E-state index in [1.807, 2.05) is 32.4 Å². The molecule has 17 heavy (non-hydrogen) atoms. The fourth-order valence-corrected chi connectivity index (χ4v) is 2.30. The van der Waals surface area contributed by atoms with Crippen LogP contribution < -0.4 is 0 Å². The summed E-state index contributed by atoms with van der Waals surface area (Å²) in [7, 11) is 1.89. The summed E-state index contributed by atoms with van der Waals surface area (Å²) in [6.45, 7) is 5.85. The van der Waals surface area contributed by atoms with Gasteiger partial charge in [-0.1, -0.05) is 0 Å². The zero-order chi connectivity index (χ0) is 13.0. The van der Waals surface area contributed by atoms with Crippen LogP contribution >= 0.6 is 0 Å². The molecule has 1 nitrogen and oxygen atoms in total. The van der Waals surface area contributed by atoms with Gasteiger partial charge in [0.25, 0.3) is 0 Å². The number of halogens is 3. The summed E-state index contributed by atoms with van der Waals surface area (Å²) in [5.74, 6) is 0. The van der Waals surface area contributed by atoms with Crippen molar-refractivity contribution in [1.82, 2.24) is 0 Å². The average molecular weight is 242 g/mol. The van der Waals surface area contributed by atoms with Gasteiger partial charge in [0.05, 0.1) is 11.0 Å². The highest BCUT2D eigenvalue weighted by atomic mass is 19.4. The molecule has 0 aliphatic carbocycles. The van der Waals surface area contributed by atoms with Crippen molar-refractivity contribution >= 4 is 11.4 Å². The highest BCUT2D eigenvalue weighted by Crippen LogP contribution is 2.41. The Labute approximate surface area is 98.6 Å². The molecule has 1 aliphatic rings. The van der Waals surface area contributed by atoms with E-state index in [2.05, 4.69) is 0 Å². The Kier molecular flexibility index (Phi) is 2.39. The second-order valence-electron chi connectivity index (χ2n) is 5.00. The topological polar surface area (TPSA) is 3.01 Å². The fourth-order valence-electron chi connectivity index (χ4n) is 2.30. The number of alkyl halides is 3. The molecule has 0 unspecified atom stereocenters. The van der Waals surface area contributed by atoms with E-state index in [0.29, 0.717) is 0 Å². The van der Waals surface area contributed by atoms with Crippen molar-refractivity contribution in [2.45, 2.75) is 32.4 Å². The van der Waals surface area contributed by atoms with E-state index in [4.69, 9.17) is 0 Å². The van der Waals surface area contributed by atoms with Crippen LogP contribution in [0.1, 0.15) is 31.9 Å². The van der Waals surface area contributed by atoms with E-state index in [0.717, 1.165) is 23.0 Å². The van der Waals surface area contributed by atoms with Crippen LogP contribution in [0.2, 0.25) is 0 Å². The van der Waals surface area contributed by atoms with Gasteiger partial charge in [-0.25, -0.2) is 4.58 Å². The summed E-state index contributed by atoms with van der Waals surface area (Å²) >= 11 is 0. The first-order chi connectivity index (χ1) is 7.65. The standard InChI is InChI=1S/C13H15F3N/c1-8-12(2,3)10-7-9(13(14,15)16)5-6-11(10)17(8)4/h5-7H,1-4H3/q+1. The lowest BCUT2D eigenvalue weighted by atomic mass is 9.81. The summed E-state index contributed by atoms with van der Waals surface area (Å²) in [4.78, 5) is 0. The average Bonchev–Trinajstić information content (AvgIpc) is 2.39. The van der Waals surface area contributed by atoms with Crippen molar-refractivity contribution in [3.05, 3.63) is 29.3 Å². The molecule has 0 bridgehead atoms. The van der Waals surface area contributed by atoms with Gasteiger partial charge in [-0.15, -0.1) is 0 Å². The maximum absolute atomic E-state index is 12.7. The Balaban J connectivity index is 2.64. The van der Waals surface area contributed by atoms with Crippen LogP contribution in [0.5, 0.6) is 0 Å². The summed E-state index contributed by atoms with van der Waals surface area (Å²) in [6, 6.07) is 3.96. The third kappa shape index (κ3) is 1.66. The van der Waals surface area contributed by atoms with Crippen molar-refractivity contribution in [1.29, 1.82) is 0 Å². The summed E-state index contributed by atoms with van der Waals surface area (Å²) in [5.41, 5.74) is 1.75. The number of nitrogens with zero attached hydrogens (tertiary/aromatic N) is 1. The molecule has 4 heteroatoms. The molecular weight excluding hydrogens is 227 g/mol.